The lowest BCUT2D eigenvalue weighted by Crippen LogP contribution is -2.36. The Morgan fingerprint density at radius 3 is 2.65 bits per heavy atom. The van der Waals surface area contributed by atoms with Gasteiger partial charge in [-0.2, -0.15) is 28.3 Å². The molecule has 2 heterocycles. The van der Waals surface area contributed by atoms with Crippen LogP contribution in [0.3, 0.4) is 0 Å². The van der Waals surface area contributed by atoms with Crippen LogP contribution in [0.4, 0.5) is 30.5 Å². The standard InChI is InChI=1S/C25H28F3N7O2/c1-18-4-2-5-19(14-18)17-30-34-22-16-23(35-9-12-36-13-10-35)32-24(31-22)37-11-8-29-33-21-7-3-6-20(15-21)25(26,27)28/h2-7,14-16,29,33H,8-13,17H2,1H3. The fourth-order valence-electron chi connectivity index (χ4n) is 3.60. The second-order valence-electron chi connectivity index (χ2n) is 8.33. The van der Waals surface area contributed by atoms with Gasteiger partial charge < -0.3 is 19.8 Å². The minimum atomic E-state index is -4.40. The van der Waals surface area contributed by atoms with Gasteiger partial charge >= 0.3 is 12.2 Å². The van der Waals surface area contributed by atoms with E-state index in [1.165, 1.54) is 12.1 Å². The summed E-state index contributed by atoms with van der Waals surface area (Å²) in [5, 5.41) is 8.56. The van der Waals surface area contributed by atoms with E-state index in [4.69, 9.17) is 9.47 Å². The van der Waals surface area contributed by atoms with Gasteiger partial charge in [-0.1, -0.05) is 35.9 Å². The summed E-state index contributed by atoms with van der Waals surface area (Å²) >= 11 is 0. The van der Waals surface area contributed by atoms with Gasteiger partial charge in [0.05, 0.1) is 25.3 Å². The molecule has 0 aliphatic carbocycles. The van der Waals surface area contributed by atoms with Crippen molar-refractivity contribution in [1.29, 1.82) is 0 Å². The first kappa shape index (κ1) is 26.3. The second-order valence-corrected chi connectivity index (χ2v) is 8.33. The molecule has 9 nitrogen and oxygen atoms in total. The maximum atomic E-state index is 12.9. The van der Waals surface area contributed by atoms with Crippen molar-refractivity contribution in [2.75, 3.05) is 49.8 Å². The van der Waals surface area contributed by atoms with E-state index < -0.39 is 11.7 Å². The lowest BCUT2D eigenvalue weighted by atomic mass is 10.1. The van der Waals surface area contributed by atoms with Gasteiger partial charge in [0, 0.05) is 31.4 Å². The Morgan fingerprint density at radius 2 is 1.86 bits per heavy atom. The molecule has 4 rings (SSSR count). The lowest BCUT2D eigenvalue weighted by molar-refractivity contribution is -0.137. The molecule has 1 saturated heterocycles. The number of ether oxygens (including phenoxy) is 2. The quantitative estimate of drug-likeness (QED) is 0.225. The van der Waals surface area contributed by atoms with Crippen molar-refractivity contribution in [3.63, 3.8) is 0 Å². The van der Waals surface area contributed by atoms with Crippen LogP contribution in [0.5, 0.6) is 6.01 Å². The summed E-state index contributed by atoms with van der Waals surface area (Å²) in [4.78, 5) is 10.9. The summed E-state index contributed by atoms with van der Waals surface area (Å²) in [6.45, 7) is 5.43. The number of nitrogens with one attached hydrogen (secondary N) is 2. The number of azo groups is 1. The zero-order valence-electron chi connectivity index (χ0n) is 20.3. The van der Waals surface area contributed by atoms with E-state index in [0.717, 1.165) is 23.3 Å². The normalized spacial score (nSPS) is 14.2. The second kappa shape index (κ2) is 12.5. The third kappa shape index (κ3) is 8.12. The van der Waals surface area contributed by atoms with E-state index in [0.29, 0.717) is 44.5 Å². The van der Waals surface area contributed by atoms with Crippen LogP contribution in [0.2, 0.25) is 0 Å². The number of hydrogen-bond acceptors (Lipinski definition) is 9. The number of alkyl halides is 3. The molecule has 37 heavy (non-hydrogen) atoms. The molecule has 1 aliphatic heterocycles. The first-order valence-corrected chi connectivity index (χ1v) is 11.8. The van der Waals surface area contributed by atoms with Crippen molar-refractivity contribution >= 4 is 17.3 Å². The van der Waals surface area contributed by atoms with Crippen LogP contribution in [0.1, 0.15) is 16.7 Å². The van der Waals surface area contributed by atoms with Crippen LogP contribution in [0.15, 0.2) is 64.8 Å². The zero-order chi connectivity index (χ0) is 26.1. The summed E-state index contributed by atoms with van der Waals surface area (Å²) in [7, 11) is 0. The molecule has 0 unspecified atom stereocenters. The Hall–Kier alpha value is -3.77. The van der Waals surface area contributed by atoms with Crippen molar-refractivity contribution in [1.82, 2.24) is 15.4 Å². The van der Waals surface area contributed by atoms with Gasteiger partial charge in [-0.15, -0.1) is 5.11 Å². The highest BCUT2D eigenvalue weighted by Crippen LogP contribution is 2.30. The maximum Gasteiger partial charge on any atom is 0.416 e. The van der Waals surface area contributed by atoms with Gasteiger partial charge in [0.25, 0.3) is 0 Å². The number of morpholine rings is 1. The third-order valence-electron chi connectivity index (χ3n) is 5.40. The highest BCUT2D eigenvalue weighted by Gasteiger charge is 2.30. The molecule has 0 bridgehead atoms. The molecule has 2 aromatic carbocycles. The van der Waals surface area contributed by atoms with Gasteiger partial charge in [0.2, 0.25) is 0 Å². The highest BCUT2D eigenvalue weighted by molar-refractivity contribution is 5.48. The molecule has 0 radical (unpaired) electrons. The van der Waals surface area contributed by atoms with E-state index in [-0.39, 0.29) is 24.8 Å². The molecule has 1 aromatic heterocycles. The van der Waals surface area contributed by atoms with Crippen LogP contribution in [0, 0.1) is 6.92 Å². The monoisotopic (exact) mass is 515 g/mol. The van der Waals surface area contributed by atoms with Gasteiger partial charge in [-0.3, -0.25) is 0 Å². The number of hydrogen-bond donors (Lipinski definition) is 2. The molecule has 1 aliphatic rings. The minimum absolute atomic E-state index is 0.134. The molecule has 0 spiro atoms. The number of aryl methyl sites for hydroxylation is 1. The van der Waals surface area contributed by atoms with Crippen molar-refractivity contribution in [2.24, 2.45) is 10.2 Å². The molecule has 2 N–H and O–H groups in total. The maximum absolute atomic E-state index is 12.9. The molecule has 0 saturated carbocycles. The molecule has 196 valence electrons. The first-order chi connectivity index (χ1) is 17.9. The average Bonchev–Trinajstić information content (AvgIpc) is 2.89. The van der Waals surface area contributed by atoms with Gasteiger partial charge in [0.15, 0.2) is 5.82 Å². The largest absolute Gasteiger partial charge is 0.462 e. The Bertz CT molecular complexity index is 1200. The van der Waals surface area contributed by atoms with Crippen molar-refractivity contribution in [3.05, 3.63) is 71.3 Å². The van der Waals surface area contributed by atoms with Crippen LogP contribution in [-0.2, 0) is 17.5 Å². The summed E-state index contributed by atoms with van der Waals surface area (Å²) in [6.07, 6.45) is -4.40. The fraction of sp³-hybridized carbons (Fsp3) is 0.360. The summed E-state index contributed by atoms with van der Waals surface area (Å²) in [6, 6.07) is 14.8. The lowest BCUT2D eigenvalue weighted by Gasteiger charge is -2.27. The number of hydrazine groups is 1. The number of aromatic nitrogens is 2. The average molecular weight is 516 g/mol. The van der Waals surface area contributed by atoms with Crippen LogP contribution in [0.25, 0.3) is 0 Å². The van der Waals surface area contributed by atoms with E-state index in [9.17, 15) is 13.2 Å². The van der Waals surface area contributed by atoms with E-state index in [1.807, 2.05) is 31.2 Å². The first-order valence-electron chi connectivity index (χ1n) is 11.8. The molecule has 3 aromatic rings. The number of anilines is 2. The number of nitrogens with zero attached hydrogens (tertiary/aromatic N) is 5. The van der Waals surface area contributed by atoms with E-state index >= 15 is 0 Å². The van der Waals surface area contributed by atoms with Crippen LogP contribution in [-0.4, -0.2) is 49.4 Å². The fourth-order valence-corrected chi connectivity index (χ4v) is 3.60. The topological polar surface area (TPSA) is 96.3 Å². The molecule has 0 atom stereocenters. The van der Waals surface area contributed by atoms with Crippen LogP contribution >= 0.6 is 0 Å². The summed E-state index contributed by atoms with van der Waals surface area (Å²) < 4.78 is 49.7. The van der Waals surface area contributed by atoms with E-state index in [2.05, 4.69) is 35.9 Å². The Balaban J connectivity index is 1.36. The predicted molar refractivity (Wildman–Crippen MR) is 133 cm³/mol. The van der Waals surface area contributed by atoms with Gasteiger partial charge in [0.1, 0.15) is 12.4 Å². The smallest absolute Gasteiger partial charge is 0.416 e. The Kier molecular flexibility index (Phi) is 8.86. The van der Waals surface area contributed by atoms with Crippen molar-refractivity contribution < 1.29 is 22.6 Å². The molecular formula is C25H28F3N7O2. The molecule has 12 heteroatoms. The van der Waals surface area contributed by atoms with Crippen LogP contribution < -0.4 is 20.5 Å². The SMILES string of the molecule is Cc1cccc(CN=Nc2cc(N3CCOCC3)nc(OCCNNc3cccc(C(F)(F)F)c3)n2)c1. The van der Waals surface area contributed by atoms with Gasteiger partial charge in [-0.05, 0) is 30.7 Å². The van der Waals surface area contributed by atoms with E-state index in [1.54, 1.807) is 6.07 Å². The minimum Gasteiger partial charge on any atom is -0.462 e. The summed E-state index contributed by atoms with van der Waals surface area (Å²) in [5.41, 5.74) is 7.32. The van der Waals surface area contributed by atoms with Gasteiger partial charge in [-0.25, -0.2) is 5.43 Å². The number of rotatable bonds is 10. The predicted octanol–water partition coefficient (Wildman–Crippen LogP) is 4.92. The van der Waals surface area contributed by atoms with Crippen molar-refractivity contribution in [3.8, 4) is 6.01 Å². The number of benzene rings is 2. The Labute approximate surface area is 212 Å². The molecule has 1 fully saturated rings. The molecule has 0 amide bonds. The number of halogens is 3. The third-order valence-corrected chi connectivity index (χ3v) is 5.40. The zero-order valence-corrected chi connectivity index (χ0v) is 20.3. The molecular weight excluding hydrogens is 487 g/mol. The highest BCUT2D eigenvalue weighted by atomic mass is 19.4. The summed E-state index contributed by atoms with van der Waals surface area (Å²) in [5.74, 6) is 1.03. The Morgan fingerprint density at radius 1 is 1.05 bits per heavy atom. The van der Waals surface area contributed by atoms with Crippen molar-refractivity contribution in [2.45, 2.75) is 19.6 Å².